The molecule has 8 atom stereocenters. The van der Waals surface area contributed by atoms with Crippen LogP contribution in [0.15, 0.2) is 6.20 Å². The summed E-state index contributed by atoms with van der Waals surface area (Å²) < 4.78 is 0. The first-order chi connectivity index (χ1) is 15.2. The monoisotopic (exact) mass is 436 g/mol. The van der Waals surface area contributed by atoms with Gasteiger partial charge in [-0.1, -0.05) is 53.9 Å². The van der Waals surface area contributed by atoms with E-state index in [1.165, 1.54) is 81.9 Å². The van der Waals surface area contributed by atoms with Gasteiger partial charge in [-0.05, 0) is 116 Å². The van der Waals surface area contributed by atoms with Gasteiger partial charge in [-0.3, -0.25) is 0 Å². The average molecular weight is 437 g/mol. The summed E-state index contributed by atoms with van der Waals surface area (Å²) in [6, 6.07) is 0. The molecule has 1 heterocycles. The highest BCUT2D eigenvalue weighted by atomic mass is 14.9. The third kappa shape index (κ3) is 3.67. The zero-order valence-corrected chi connectivity index (χ0v) is 21.8. The highest BCUT2D eigenvalue weighted by Crippen LogP contribution is 2.67. The molecule has 0 amide bonds. The van der Waals surface area contributed by atoms with Gasteiger partial charge < -0.3 is 0 Å². The van der Waals surface area contributed by atoms with Gasteiger partial charge in [0.15, 0.2) is 0 Å². The van der Waals surface area contributed by atoms with E-state index in [0.717, 1.165) is 47.2 Å². The van der Waals surface area contributed by atoms with Gasteiger partial charge in [0.25, 0.3) is 0 Å². The molecule has 3 fully saturated rings. The molecule has 0 N–H and O–H groups in total. The van der Waals surface area contributed by atoms with Gasteiger partial charge in [0.2, 0.25) is 0 Å². The molecule has 2 heteroatoms. The topological polar surface area (TPSA) is 25.8 Å². The minimum Gasteiger partial charge on any atom is -0.241 e. The fourth-order valence-electron chi connectivity index (χ4n) is 9.68. The summed E-state index contributed by atoms with van der Waals surface area (Å²) in [6.45, 7) is 14.8. The van der Waals surface area contributed by atoms with E-state index in [-0.39, 0.29) is 0 Å². The van der Waals surface area contributed by atoms with Crippen LogP contribution in [-0.4, -0.2) is 9.97 Å². The van der Waals surface area contributed by atoms with Crippen LogP contribution in [-0.2, 0) is 12.8 Å². The van der Waals surface area contributed by atoms with Crippen molar-refractivity contribution in [2.24, 2.45) is 52.3 Å². The zero-order valence-electron chi connectivity index (χ0n) is 21.8. The highest BCUT2D eigenvalue weighted by Gasteiger charge is 2.60. The van der Waals surface area contributed by atoms with Crippen LogP contribution in [0.25, 0.3) is 0 Å². The Bertz CT molecular complexity index is 830. The van der Waals surface area contributed by atoms with E-state index in [1.807, 2.05) is 6.92 Å². The Morgan fingerprint density at radius 2 is 1.75 bits per heavy atom. The second kappa shape index (κ2) is 8.38. The Morgan fingerprint density at radius 3 is 2.53 bits per heavy atom. The molecule has 2 nitrogen and oxygen atoms in total. The van der Waals surface area contributed by atoms with Crippen molar-refractivity contribution in [3.8, 4) is 0 Å². The van der Waals surface area contributed by atoms with Crippen LogP contribution in [0.3, 0.4) is 0 Å². The Balaban J connectivity index is 1.34. The van der Waals surface area contributed by atoms with Crippen LogP contribution in [0.5, 0.6) is 0 Å². The largest absolute Gasteiger partial charge is 0.241 e. The van der Waals surface area contributed by atoms with E-state index in [1.54, 1.807) is 0 Å². The number of hydrogen-bond donors (Lipinski definition) is 0. The molecular weight excluding hydrogens is 388 g/mol. The van der Waals surface area contributed by atoms with Crippen LogP contribution < -0.4 is 0 Å². The van der Waals surface area contributed by atoms with Crippen molar-refractivity contribution in [1.82, 2.24) is 9.97 Å². The quantitative estimate of drug-likeness (QED) is 0.470. The predicted octanol–water partition coefficient (Wildman–Crippen LogP) is 7.82. The molecule has 4 aliphatic rings. The van der Waals surface area contributed by atoms with Crippen molar-refractivity contribution in [1.29, 1.82) is 0 Å². The Kier molecular flexibility index (Phi) is 5.99. The van der Waals surface area contributed by atoms with Crippen molar-refractivity contribution in [2.45, 2.75) is 112 Å². The second-order valence-electron chi connectivity index (χ2n) is 13.5. The van der Waals surface area contributed by atoms with Gasteiger partial charge in [0, 0.05) is 11.9 Å². The van der Waals surface area contributed by atoms with Crippen molar-refractivity contribution in [2.75, 3.05) is 0 Å². The molecule has 0 saturated heterocycles. The van der Waals surface area contributed by atoms with Crippen LogP contribution in [0.1, 0.15) is 109 Å². The lowest BCUT2D eigenvalue weighted by atomic mass is 9.44. The van der Waals surface area contributed by atoms with Crippen molar-refractivity contribution in [3.05, 3.63) is 23.3 Å². The van der Waals surface area contributed by atoms with Gasteiger partial charge in [0.1, 0.15) is 5.82 Å². The van der Waals surface area contributed by atoms with Gasteiger partial charge in [-0.15, -0.1) is 0 Å². The van der Waals surface area contributed by atoms with Crippen molar-refractivity contribution >= 4 is 0 Å². The summed E-state index contributed by atoms with van der Waals surface area (Å²) >= 11 is 0. The van der Waals surface area contributed by atoms with Gasteiger partial charge in [-0.25, -0.2) is 9.97 Å². The summed E-state index contributed by atoms with van der Waals surface area (Å²) in [4.78, 5) is 9.44. The van der Waals surface area contributed by atoms with E-state index < -0.39 is 0 Å². The molecule has 3 saturated carbocycles. The maximum atomic E-state index is 4.86. The van der Waals surface area contributed by atoms with E-state index in [0.29, 0.717) is 10.8 Å². The van der Waals surface area contributed by atoms with Crippen molar-refractivity contribution < 1.29 is 0 Å². The third-order valence-electron chi connectivity index (χ3n) is 11.4. The molecule has 5 rings (SSSR count). The molecule has 0 spiro atoms. The molecule has 1 aromatic rings. The lowest BCUT2D eigenvalue weighted by molar-refractivity contribution is -0.103. The number of aryl methyl sites for hydroxylation is 1. The smallest absolute Gasteiger partial charge is 0.125 e. The normalized spacial score (nSPS) is 41.5. The lowest BCUT2D eigenvalue weighted by Crippen LogP contribution is -2.54. The van der Waals surface area contributed by atoms with E-state index in [9.17, 15) is 0 Å². The summed E-state index contributed by atoms with van der Waals surface area (Å²) in [5, 5.41) is 0. The number of rotatable bonds is 5. The minimum absolute atomic E-state index is 0.469. The first kappa shape index (κ1) is 22.9. The fraction of sp³-hybridized carbons (Fsp3) is 0.867. The highest BCUT2D eigenvalue weighted by molar-refractivity contribution is 5.26. The maximum Gasteiger partial charge on any atom is 0.125 e. The van der Waals surface area contributed by atoms with Crippen molar-refractivity contribution in [3.63, 3.8) is 0 Å². The minimum atomic E-state index is 0.469. The molecular formula is C30H48N2. The first-order valence-electron chi connectivity index (χ1n) is 14.0. The molecule has 0 radical (unpaired) electrons. The van der Waals surface area contributed by atoms with Crippen LogP contribution in [0.4, 0.5) is 0 Å². The third-order valence-corrected chi connectivity index (χ3v) is 11.4. The predicted molar refractivity (Wildman–Crippen MR) is 133 cm³/mol. The zero-order chi connectivity index (χ0) is 22.7. The van der Waals surface area contributed by atoms with Crippen LogP contribution >= 0.6 is 0 Å². The Morgan fingerprint density at radius 1 is 0.969 bits per heavy atom. The molecule has 5 unspecified atom stereocenters. The molecule has 0 aliphatic heterocycles. The molecule has 4 aliphatic carbocycles. The molecule has 32 heavy (non-hydrogen) atoms. The second-order valence-corrected chi connectivity index (χ2v) is 13.5. The first-order valence-corrected chi connectivity index (χ1v) is 14.0. The molecule has 1 aromatic heterocycles. The summed E-state index contributed by atoms with van der Waals surface area (Å²) in [6.07, 6.45) is 17.8. The molecule has 0 aromatic carbocycles. The lowest BCUT2D eigenvalue weighted by Gasteiger charge is -2.60. The van der Waals surface area contributed by atoms with Crippen LogP contribution in [0, 0.1) is 59.2 Å². The average Bonchev–Trinajstić information content (AvgIpc) is 3.09. The number of nitrogens with zero attached hydrogens (tertiary/aromatic N) is 2. The number of aromatic nitrogens is 2. The fourth-order valence-corrected chi connectivity index (χ4v) is 9.68. The number of hydrogen-bond acceptors (Lipinski definition) is 2. The summed E-state index contributed by atoms with van der Waals surface area (Å²) in [5.74, 6) is 7.39. The van der Waals surface area contributed by atoms with Gasteiger partial charge >= 0.3 is 0 Å². The van der Waals surface area contributed by atoms with E-state index >= 15 is 0 Å². The molecule has 178 valence electrons. The Labute approximate surface area is 197 Å². The number of fused-ring (bicyclic) bond motifs is 6. The maximum absolute atomic E-state index is 4.86. The molecule has 0 bridgehead atoms. The van der Waals surface area contributed by atoms with E-state index in [4.69, 9.17) is 4.98 Å². The van der Waals surface area contributed by atoms with Crippen LogP contribution in [0.2, 0.25) is 0 Å². The summed E-state index contributed by atoms with van der Waals surface area (Å²) in [7, 11) is 0. The van der Waals surface area contributed by atoms with Gasteiger partial charge in [-0.2, -0.15) is 0 Å². The van der Waals surface area contributed by atoms with Gasteiger partial charge in [0.05, 0.1) is 0 Å². The van der Waals surface area contributed by atoms with E-state index in [2.05, 4.69) is 45.8 Å². The summed E-state index contributed by atoms with van der Waals surface area (Å²) in [5.41, 5.74) is 3.91. The SMILES string of the molecule is Cc1ncc2c(n1)CC1CCC3C(CC[C@@]4(C)C3CC[C@@H]4C(C)CCCC(C)C)[C@@]1(C)C2. The standard InChI is InChI=1S/C30H48N2/c1-19(2)8-7-9-20(3)25-12-13-26-24-11-10-23-16-28-22(18-31-21(4)32-28)17-30(23,6)27(24)14-15-29(25,26)5/h18-20,23-27H,7-17H2,1-6H3/t20?,23?,24?,25-,26?,27?,29-,30+/m1/s1. The Hall–Kier alpha value is -0.920.